The molecule has 26 heavy (non-hydrogen) atoms. The number of imide groups is 1. The Kier molecular flexibility index (Phi) is 7.13. The molecule has 8 heteroatoms. The SMILES string of the molecule is C[C@H](NC(=O)c1ccccc1)C(=O)OCC(=O)NC(=O)NC1CCCC1. The molecule has 1 atom stereocenters. The molecule has 2 rings (SSSR count). The van der Waals surface area contributed by atoms with Crippen LogP contribution in [-0.4, -0.2) is 42.5 Å². The molecule has 1 fully saturated rings. The van der Waals surface area contributed by atoms with Gasteiger partial charge in [-0.15, -0.1) is 0 Å². The maximum atomic E-state index is 12.0. The van der Waals surface area contributed by atoms with Crippen LogP contribution < -0.4 is 16.0 Å². The number of rotatable bonds is 6. The minimum atomic E-state index is -0.928. The number of urea groups is 1. The molecular weight excluding hydrogens is 338 g/mol. The van der Waals surface area contributed by atoms with E-state index in [2.05, 4.69) is 16.0 Å². The standard InChI is InChI=1S/C18H23N3O5/c1-12(19-16(23)13-7-3-2-4-8-13)17(24)26-11-15(22)21-18(25)20-14-9-5-6-10-14/h2-4,7-8,12,14H,5-6,9-11H2,1H3,(H,19,23)(H2,20,21,22,25)/t12-/m0/s1. The molecule has 3 N–H and O–H groups in total. The summed E-state index contributed by atoms with van der Waals surface area (Å²) < 4.78 is 4.83. The highest BCUT2D eigenvalue weighted by atomic mass is 16.5. The van der Waals surface area contributed by atoms with E-state index in [0.29, 0.717) is 5.56 Å². The lowest BCUT2D eigenvalue weighted by molar-refractivity contribution is -0.149. The second-order valence-corrected chi connectivity index (χ2v) is 6.17. The Labute approximate surface area is 151 Å². The molecule has 0 bridgehead atoms. The van der Waals surface area contributed by atoms with Gasteiger partial charge in [0.1, 0.15) is 6.04 Å². The Morgan fingerprint density at radius 2 is 1.77 bits per heavy atom. The van der Waals surface area contributed by atoms with Crippen molar-refractivity contribution in [3.8, 4) is 0 Å². The fourth-order valence-electron chi connectivity index (χ4n) is 2.64. The molecule has 0 heterocycles. The maximum Gasteiger partial charge on any atom is 0.328 e. The lowest BCUT2D eigenvalue weighted by atomic mass is 10.2. The van der Waals surface area contributed by atoms with Gasteiger partial charge in [0, 0.05) is 11.6 Å². The van der Waals surface area contributed by atoms with Crippen LogP contribution in [0.15, 0.2) is 30.3 Å². The molecule has 1 aromatic carbocycles. The Morgan fingerprint density at radius 3 is 2.42 bits per heavy atom. The first kappa shape index (κ1) is 19.4. The third-order valence-corrected chi connectivity index (χ3v) is 4.03. The van der Waals surface area contributed by atoms with E-state index < -0.39 is 36.5 Å². The first-order chi connectivity index (χ1) is 12.5. The average molecular weight is 361 g/mol. The first-order valence-corrected chi connectivity index (χ1v) is 8.58. The first-order valence-electron chi connectivity index (χ1n) is 8.58. The van der Waals surface area contributed by atoms with Crippen molar-refractivity contribution in [3.63, 3.8) is 0 Å². The van der Waals surface area contributed by atoms with Crippen molar-refractivity contribution in [1.82, 2.24) is 16.0 Å². The second kappa shape index (κ2) is 9.55. The van der Waals surface area contributed by atoms with Crippen molar-refractivity contribution >= 4 is 23.8 Å². The largest absolute Gasteiger partial charge is 0.454 e. The number of esters is 1. The Hall–Kier alpha value is -2.90. The topological polar surface area (TPSA) is 114 Å². The lowest BCUT2D eigenvalue weighted by Gasteiger charge is -2.14. The third kappa shape index (κ3) is 6.19. The predicted molar refractivity (Wildman–Crippen MR) is 93.3 cm³/mol. The van der Waals surface area contributed by atoms with E-state index in [0.717, 1.165) is 25.7 Å². The van der Waals surface area contributed by atoms with Gasteiger partial charge in [0.2, 0.25) is 0 Å². The summed E-state index contributed by atoms with van der Waals surface area (Å²) in [4.78, 5) is 47.1. The summed E-state index contributed by atoms with van der Waals surface area (Å²) in [5.74, 6) is -1.91. The van der Waals surface area contributed by atoms with E-state index in [1.54, 1.807) is 30.3 Å². The summed E-state index contributed by atoms with van der Waals surface area (Å²) in [5.41, 5.74) is 0.411. The number of amides is 4. The molecule has 8 nitrogen and oxygen atoms in total. The van der Waals surface area contributed by atoms with Crippen molar-refractivity contribution < 1.29 is 23.9 Å². The smallest absolute Gasteiger partial charge is 0.328 e. The van der Waals surface area contributed by atoms with Gasteiger partial charge in [-0.05, 0) is 31.9 Å². The van der Waals surface area contributed by atoms with Crippen LogP contribution in [0.4, 0.5) is 4.79 Å². The molecule has 4 amide bonds. The Morgan fingerprint density at radius 1 is 1.12 bits per heavy atom. The maximum absolute atomic E-state index is 12.0. The molecule has 1 aliphatic carbocycles. The monoisotopic (exact) mass is 361 g/mol. The summed E-state index contributed by atoms with van der Waals surface area (Å²) in [6.07, 6.45) is 3.91. The van der Waals surface area contributed by atoms with E-state index in [1.807, 2.05) is 0 Å². The normalized spacial score (nSPS) is 15.0. The van der Waals surface area contributed by atoms with Gasteiger partial charge in [-0.1, -0.05) is 31.0 Å². The zero-order valence-corrected chi connectivity index (χ0v) is 14.6. The second-order valence-electron chi connectivity index (χ2n) is 6.17. The van der Waals surface area contributed by atoms with Crippen LogP contribution in [0.5, 0.6) is 0 Å². The molecule has 0 unspecified atom stereocenters. The summed E-state index contributed by atoms with van der Waals surface area (Å²) in [7, 11) is 0. The Bertz CT molecular complexity index is 656. The van der Waals surface area contributed by atoms with E-state index >= 15 is 0 Å². The van der Waals surface area contributed by atoms with Gasteiger partial charge >= 0.3 is 12.0 Å². The molecule has 0 aromatic heterocycles. The fourth-order valence-corrected chi connectivity index (χ4v) is 2.64. The van der Waals surface area contributed by atoms with E-state index in [1.165, 1.54) is 6.92 Å². The van der Waals surface area contributed by atoms with Crippen molar-refractivity contribution in [2.24, 2.45) is 0 Å². The van der Waals surface area contributed by atoms with Gasteiger partial charge < -0.3 is 15.4 Å². The van der Waals surface area contributed by atoms with Crippen LogP contribution in [-0.2, 0) is 14.3 Å². The number of hydrogen-bond acceptors (Lipinski definition) is 5. The van der Waals surface area contributed by atoms with Crippen LogP contribution >= 0.6 is 0 Å². The summed E-state index contributed by atoms with van der Waals surface area (Å²) in [6.45, 7) is 0.857. The van der Waals surface area contributed by atoms with E-state index in [4.69, 9.17) is 4.74 Å². The van der Waals surface area contributed by atoms with Gasteiger partial charge in [0.15, 0.2) is 6.61 Å². The Balaban J connectivity index is 1.68. The number of hydrogen-bond donors (Lipinski definition) is 3. The van der Waals surface area contributed by atoms with Crippen molar-refractivity contribution in [1.29, 1.82) is 0 Å². The number of ether oxygens (including phenoxy) is 1. The van der Waals surface area contributed by atoms with Gasteiger partial charge in [-0.2, -0.15) is 0 Å². The van der Waals surface area contributed by atoms with Gasteiger partial charge in [-0.25, -0.2) is 9.59 Å². The van der Waals surface area contributed by atoms with Crippen molar-refractivity contribution in [2.75, 3.05) is 6.61 Å². The molecule has 0 radical (unpaired) electrons. The highest BCUT2D eigenvalue weighted by Crippen LogP contribution is 2.17. The molecule has 1 aromatic rings. The predicted octanol–water partition coefficient (Wildman–Crippen LogP) is 1.12. The average Bonchev–Trinajstić information content (AvgIpc) is 3.13. The van der Waals surface area contributed by atoms with Crippen molar-refractivity contribution in [3.05, 3.63) is 35.9 Å². The van der Waals surface area contributed by atoms with Crippen LogP contribution in [0.2, 0.25) is 0 Å². The lowest BCUT2D eigenvalue weighted by Crippen LogP contribution is -2.46. The molecule has 0 spiro atoms. The van der Waals surface area contributed by atoms with Gasteiger partial charge in [0.25, 0.3) is 11.8 Å². The number of carbonyl (C=O) groups is 4. The van der Waals surface area contributed by atoms with Gasteiger partial charge in [0.05, 0.1) is 0 Å². The zero-order chi connectivity index (χ0) is 18.9. The quantitative estimate of drug-likeness (QED) is 0.657. The summed E-state index contributed by atoms with van der Waals surface area (Å²) >= 11 is 0. The molecule has 1 aliphatic rings. The number of carbonyl (C=O) groups excluding carboxylic acids is 4. The zero-order valence-electron chi connectivity index (χ0n) is 14.6. The molecule has 140 valence electrons. The number of benzene rings is 1. The fraction of sp³-hybridized carbons (Fsp3) is 0.444. The summed E-state index contributed by atoms with van der Waals surface area (Å²) in [5, 5.41) is 7.29. The highest BCUT2D eigenvalue weighted by Gasteiger charge is 2.21. The highest BCUT2D eigenvalue weighted by molar-refractivity contribution is 5.97. The molecule has 0 saturated heterocycles. The van der Waals surface area contributed by atoms with Crippen LogP contribution in [0.25, 0.3) is 0 Å². The number of nitrogens with one attached hydrogen (secondary N) is 3. The molecular formula is C18H23N3O5. The van der Waals surface area contributed by atoms with Crippen LogP contribution in [0.1, 0.15) is 43.0 Å². The minimum Gasteiger partial charge on any atom is -0.454 e. The van der Waals surface area contributed by atoms with Crippen LogP contribution in [0, 0.1) is 0 Å². The molecule has 1 saturated carbocycles. The van der Waals surface area contributed by atoms with Gasteiger partial charge in [-0.3, -0.25) is 14.9 Å². The molecule has 0 aliphatic heterocycles. The minimum absolute atomic E-state index is 0.0820. The third-order valence-electron chi connectivity index (χ3n) is 4.03. The van der Waals surface area contributed by atoms with Crippen molar-refractivity contribution in [2.45, 2.75) is 44.7 Å². The van der Waals surface area contributed by atoms with E-state index in [9.17, 15) is 19.2 Å². The van der Waals surface area contributed by atoms with E-state index in [-0.39, 0.29) is 6.04 Å². The van der Waals surface area contributed by atoms with Crippen LogP contribution in [0.3, 0.4) is 0 Å². The summed E-state index contributed by atoms with van der Waals surface area (Å²) in [6, 6.07) is 6.98.